The first-order valence-corrected chi connectivity index (χ1v) is 10.0. The quantitative estimate of drug-likeness (QED) is 0.742. The van der Waals surface area contributed by atoms with Crippen molar-refractivity contribution in [1.29, 1.82) is 0 Å². The summed E-state index contributed by atoms with van der Waals surface area (Å²) < 4.78 is 15.3. The molecule has 0 radical (unpaired) electrons. The molecule has 0 fully saturated rings. The van der Waals surface area contributed by atoms with Crippen LogP contribution in [-0.2, 0) is 17.9 Å². The molecule has 0 saturated carbocycles. The molecule has 0 bridgehead atoms. The second kappa shape index (κ2) is 8.51. The number of nitrogens with one attached hydrogen (secondary N) is 2. The Bertz CT molecular complexity index is 932. The summed E-state index contributed by atoms with van der Waals surface area (Å²) in [5.41, 5.74) is 1.21. The fraction of sp³-hybridized carbons (Fsp3) is 0.524. The maximum atomic E-state index is 13.3. The summed E-state index contributed by atoms with van der Waals surface area (Å²) in [5.74, 6) is -0.664. The summed E-state index contributed by atoms with van der Waals surface area (Å²) in [4.78, 5) is 36.1. The first-order valence-electron chi connectivity index (χ1n) is 10.0. The van der Waals surface area contributed by atoms with Crippen LogP contribution in [-0.4, -0.2) is 57.9 Å². The molecule has 2 aromatic heterocycles. The number of hydrogen-bond donors (Lipinski definition) is 2. The van der Waals surface area contributed by atoms with Gasteiger partial charge in [0, 0.05) is 31.9 Å². The number of fused-ring (bicyclic) bond motifs is 1. The number of halogens is 1. The minimum absolute atomic E-state index is 0.263. The van der Waals surface area contributed by atoms with Crippen LogP contribution >= 0.6 is 0 Å². The zero-order valence-electron chi connectivity index (χ0n) is 18.1. The Balaban J connectivity index is 2.04. The lowest BCUT2D eigenvalue weighted by Gasteiger charge is -2.29. The van der Waals surface area contributed by atoms with Gasteiger partial charge in [-0.05, 0) is 37.6 Å². The number of carbonyl (C=O) groups excluding carboxylic acids is 2. The second-order valence-corrected chi connectivity index (χ2v) is 8.73. The van der Waals surface area contributed by atoms with E-state index < -0.39 is 23.3 Å². The smallest absolute Gasteiger partial charge is 0.272 e. The van der Waals surface area contributed by atoms with Crippen molar-refractivity contribution in [2.75, 3.05) is 20.6 Å². The fourth-order valence-corrected chi connectivity index (χ4v) is 3.65. The van der Waals surface area contributed by atoms with Crippen LogP contribution in [0.1, 0.15) is 43.4 Å². The molecule has 30 heavy (non-hydrogen) atoms. The highest BCUT2D eigenvalue weighted by molar-refractivity contribution is 5.97. The lowest BCUT2D eigenvalue weighted by molar-refractivity contribution is -0.124. The van der Waals surface area contributed by atoms with Crippen LogP contribution in [0, 0.1) is 11.4 Å². The Morgan fingerprint density at radius 1 is 1.23 bits per heavy atom. The van der Waals surface area contributed by atoms with E-state index in [1.54, 1.807) is 13.1 Å². The monoisotopic (exact) mass is 416 g/mol. The van der Waals surface area contributed by atoms with Gasteiger partial charge in [-0.2, -0.15) is 4.39 Å². The molecule has 1 unspecified atom stereocenters. The first-order chi connectivity index (χ1) is 14.1. The average molecular weight is 417 g/mol. The molecule has 2 aromatic rings. The van der Waals surface area contributed by atoms with Gasteiger partial charge in [0.05, 0.1) is 5.69 Å². The Morgan fingerprint density at radius 3 is 2.57 bits per heavy atom. The molecule has 0 spiro atoms. The molecule has 0 saturated heterocycles. The van der Waals surface area contributed by atoms with Gasteiger partial charge in [-0.3, -0.25) is 9.59 Å². The number of likely N-dealkylation sites (N-methyl/N-ethyl adjacent to an activating group) is 1. The van der Waals surface area contributed by atoms with Gasteiger partial charge >= 0.3 is 0 Å². The second-order valence-electron chi connectivity index (χ2n) is 8.73. The topological polar surface area (TPSA) is 92.1 Å². The number of amides is 2. The molecule has 3 rings (SSSR count). The highest BCUT2D eigenvalue weighted by Crippen LogP contribution is 2.27. The van der Waals surface area contributed by atoms with Crippen LogP contribution in [0.25, 0.3) is 11.4 Å². The fourth-order valence-electron chi connectivity index (χ4n) is 3.65. The van der Waals surface area contributed by atoms with Gasteiger partial charge < -0.3 is 20.1 Å². The number of aromatic nitrogens is 3. The van der Waals surface area contributed by atoms with E-state index in [0.29, 0.717) is 24.5 Å². The predicted molar refractivity (Wildman–Crippen MR) is 111 cm³/mol. The standard InChI is InChI=1S/C21H29FN6O2/c1-21(2,3)17(20(30)23-4)26-19(29)16-14-12-27(5)9-6-10-28(14)18(25-16)13-7-8-15(22)24-11-13/h7-8,11,17H,6,9-10,12H2,1-5H3,(H,23,30)(H,26,29). The highest BCUT2D eigenvalue weighted by Gasteiger charge is 2.34. The normalized spacial score (nSPS) is 15.8. The zero-order valence-corrected chi connectivity index (χ0v) is 18.1. The number of pyridine rings is 1. The Labute approximate surface area is 175 Å². The van der Waals surface area contributed by atoms with Crippen LogP contribution in [0.2, 0.25) is 0 Å². The van der Waals surface area contributed by atoms with Crippen molar-refractivity contribution in [3.8, 4) is 11.4 Å². The maximum Gasteiger partial charge on any atom is 0.272 e. The van der Waals surface area contributed by atoms with Crippen molar-refractivity contribution in [2.45, 2.75) is 46.3 Å². The molecule has 0 aromatic carbocycles. The molecule has 1 aliphatic heterocycles. The van der Waals surface area contributed by atoms with Gasteiger partial charge in [-0.15, -0.1) is 0 Å². The van der Waals surface area contributed by atoms with Crippen LogP contribution in [0.4, 0.5) is 4.39 Å². The molecule has 0 aliphatic carbocycles. The summed E-state index contributed by atoms with van der Waals surface area (Å²) in [6, 6.07) is 2.17. The number of hydrogen-bond acceptors (Lipinski definition) is 5. The number of nitrogens with zero attached hydrogens (tertiary/aromatic N) is 4. The lowest BCUT2D eigenvalue weighted by Crippen LogP contribution is -2.53. The van der Waals surface area contributed by atoms with Crippen molar-refractivity contribution < 1.29 is 14.0 Å². The zero-order chi connectivity index (χ0) is 22.1. The number of imidazole rings is 1. The van der Waals surface area contributed by atoms with Gasteiger partial charge in [-0.25, -0.2) is 9.97 Å². The third kappa shape index (κ3) is 4.51. The Hall–Kier alpha value is -2.81. The molecule has 2 amide bonds. The minimum atomic E-state index is -0.716. The number of carbonyl (C=O) groups is 2. The molecule has 8 nitrogen and oxygen atoms in total. The van der Waals surface area contributed by atoms with Gasteiger partial charge in [0.15, 0.2) is 5.69 Å². The molecule has 1 aliphatic rings. The van der Waals surface area contributed by atoms with Crippen LogP contribution in [0.5, 0.6) is 0 Å². The van der Waals surface area contributed by atoms with Crippen molar-refractivity contribution in [3.63, 3.8) is 0 Å². The lowest BCUT2D eigenvalue weighted by atomic mass is 9.86. The molecule has 162 valence electrons. The SMILES string of the molecule is CNC(=O)C(NC(=O)c1nc(-c2ccc(F)nc2)n2c1CN(C)CCC2)C(C)(C)C. The summed E-state index contributed by atoms with van der Waals surface area (Å²) in [7, 11) is 3.54. The van der Waals surface area contributed by atoms with Crippen LogP contribution in [0.15, 0.2) is 18.3 Å². The largest absolute Gasteiger partial charge is 0.357 e. The van der Waals surface area contributed by atoms with E-state index in [2.05, 4.69) is 25.5 Å². The van der Waals surface area contributed by atoms with Crippen molar-refractivity contribution in [2.24, 2.45) is 5.41 Å². The van der Waals surface area contributed by atoms with E-state index in [-0.39, 0.29) is 11.6 Å². The average Bonchev–Trinajstić information content (AvgIpc) is 2.91. The molecular formula is C21H29FN6O2. The molecule has 9 heteroatoms. The van der Waals surface area contributed by atoms with E-state index in [4.69, 9.17) is 0 Å². The van der Waals surface area contributed by atoms with Crippen molar-refractivity contribution in [1.82, 2.24) is 30.1 Å². The van der Waals surface area contributed by atoms with Crippen LogP contribution < -0.4 is 10.6 Å². The van der Waals surface area contributed by atoms with Crippen molar-refractivity contribution >= 4 is 11.8 Å². The molecule has 2 N–H and O–H groups in total. The third-order valence-corrected chi connectivity index (χ3v) is 5.26. The van der Waals surface area contributed by atoms with E-state index in [0.717, 1.165) is 18.7 Å². The van der Waals surface area contributed by atoms with Gasteiger partial charge in [0.2, 0.25) is 11.9 Å². The summed E-state index contributed by atoms with van der Waals surface area (Å²) >= 11 is 0. The summed E-state index contributed by atoms with van der Waals surface area (Å²) in [5, 5.41) is 5.48. The van der Waals surface area contributed by atoms with E-state index in [1.165, 1.54) is 12.3 Å². The summed E-state index contributed by atoms with van der Waals surface area (Å²) in [6.45, 7) is 7.79. The van der Waals surface area contributed by atoms with E-state index in [9.17, 15) is 14.0 Å². The highest BCUT2D eigenvalue weighted by atomic mass is 19.1. The molecule has 1 atom stereocenters. The van der Waals surface area contributed by atoms with Crippen LogP contribution in [0.3, 0.4) is 0 Å². The minimum Gasteiger partial charge on any atom is -0.357 e. The maximum absolute atomic E-state index is 13.3. The van der Waals surface area contributed by atoms with E-state index in [1.807, 2.05) is 32.4 Å². The Kier molecular flexibility index (Phi) is 6.21. The van der Waals surface area contributed by atoms with E-state index >= 15 is 0 Å². The Morgan fingerprint density at radius 2 is 1.97 bits per heavy atom. The van der Waals surface area contributed by atoms with Gasteiger partial charge in [-0.1, -0.05) is 20.8 Å². The first kappa shape index (κ1) is 21.9. The third-order valence-electron chi connectivity index (χ3n) is 5.26. The van der Waals surface area contributed by atoms with Gasteiger partial charge in [0.1, 0.15) is 11.9 Å². The predicted octanol–water partition coefficient (Wildman–Crippen LogP) is 1.81. The summed E-state index contributed by atoms with van der Waals surface area (Å²) in [6.07, 6.45) is 2.31. The number of rotatable bonds is 4. The van der Waals surface area contributed by atoms with Crippen molar-refractivity contribution in [3.05, 3.63) is 35.7 Å². The molecule has 3 heterocycles. The van der Waals surface area contributed by atoms with Gasteiger partial charge in [0.25, 0.3) is 5.91 Å². The molecular weight excluding hydrogens is 387 g/mol.